The molecule has 1 heterocycles. The van der Waals surface area contributed by atoms with E-state index in [2.05, 4.69) is 20.5 Å². The van der Waals surface area contributed by atoms with Crippen LogP contribution in [0.1, 0.15) is 21.7 Å². The molecule has 2 rings (SSSR count). The summed E-state index contributed by atoms with van der Waals surface area (Å²) in [6.07, 6.45) is 1.41. The fraction of sp³-hybridized carbons (Fsp3) is 0.182. The topological polar surface area (TPSA) is 117 Å². The fourth-order valence-electron chi connectivity index (χ4n) is 1.58. The second-order valence-corrected chi connectivity index (χ2v) is 3.85. The van der Waals surface area contributed by atoms with Gasteiger partial charge in [0.25, 0.3) is 0 Å². The first-order valence-corrected chi connectivity index (χ1v) is 5.29. The molecular weight excluding hydrogens is 234 g/mol. The van der Waals surface area contributed by atoms with Crippen molar-refractivity contribution in [1.82, 2.24) is 15.2 Å². The number of nitrogens with zero attached hydrogens (tertiary/aromatic N) is 2. The second kappa shape index (κ2) is 4.74. The summed E-state index contributed by atoms with van der Waals surface area (Å²) >= 11 is 0. The molecule has 0 atom stereocenters. The number of nitrogens with two attached hydrogens (primary N) is 1. The standard InChI is InChI=1S/C11H13N5O2/c1-6-2-7(3-8(10(6)12)11(17)18)13-4-9-14-5-15-16-9/h2-3,5,13H,4,12H2,1H3,(H,17,18)(H,14,15,16). The molecule has 0 saturated heterocycles. The third-order valence-electron chi connectivity index (χ3n) is 2.54. The molecule has 7 heteroatoms. The van der Waals surface area contributed by atoms with Gasteiger partial charge in [0.1, 0.15) is 12.2 Å². The average Bonchev–Trinajstić information content (AvgIpc) is 2.83. The van der Waals surface area contributed by atoms with Gasteiger partial charge in [-0.25, -0.2) is 9.78 Å². The lowest BCUT2D eigenvalue weighted by Crippen LogP contribution is -2.07. The number of nitrogen functional groups attached to an aromatic ring is 1. The molecule has 0 aliphatic rings. The summed E-state index contributed by atoms with van der Waals surface area (Å²) in [6, 6.07) is 3.29. The smallest absolute Gasteiger partial charge is 0.337 e. The third kappa shape index (κ3) is 2.40. The molecule has 0 amide bonds. The van der Waals surface area contributed by atoms with Crippen LogP contribution in [0.3, 0.4) is 0 Å². The van der Waals surface area contributed by atoms with E-state index in [9.17, 15) is 4.79 Å². The van der Waals surface area contributed by atoms with Crippen LogP contribution in [0.4, 0.5) is 11.4 Å². The van der Waals surface area contributed by atoms with E-state index >= 15 is 0 Å². The molecule has 94 valence electrons. The first kappa shape index (κ1) is 11.9. The fourth-order valence-corrected chi connectivity index (χ4v) is 1.58. The molecule has 0 saturated carbocycles. The first-order valence-electron chi connectivity index (χ1n) is 5.29. The summed E-state index contributed by atoms with van der Waals surface area (Å²) in [6.45, 7) is 2.20. The number of carboxylic acids is 1. The van der Waals surface area contributed by atoms with Crippen LogP contribution in [0.5, 0.6) is 0 Å². The number of carbonyl (C=O) groups is 1. The van der Waals surface area contributed by atoms with E-state index in [1.54, 1.807) is 13.0 Å². The number of aryl methyl sites for hydroxylation is 1. The van der Waals surface area contributed by atoms with Crippen molar-refractivity contribution in [3.63, 3.8) is 0 Å². The zero-order valence-electron chi connectivity index (χ0n) is 9.77. The van der Waals surface area contributed by atoms with Crippen molar-refractivity contribution in [3.8, 4) is 0 Å². The molecule has 0 spiro atoms. The number of benzene rings is 1. The van der Waals surface area contributed by atoms with Gasteiger partial charge in [0.2, 0.25) is 0 Å². The van der Waals surface area contributed by atoms with Crippen LogP contribution in [0, 0.1) is 6.92 Å². The van der Waals surface area contributed by atoms with Gasteiger partial charge in [0.05, 0.1) is 12.1 Å². The van der Waals surface area contributed by atoms with Gasteiger partial charge in [-0.3, -0.25) is 5.10 Å². The molecule has 7 nitrogen and oxygen atoms in total. The quantitative estimate of drug-likeness (QED) is 0.599. The number of hydrogen-bond donors (Lipinski definition) is 4. The second-order valence-electron chi connectivity index (χ2n) is 3.85. The Bertz CT molecular complexity index is 565. The number of nitrogens with one attached hydrogen (secondary N) is 2. The molecule has 0 radical (unpaired) electrons. The van der Waals surface area contributed by atoms with Gasteiger partial charge in [-0.15, -0.1) is 0 Å². The number of hydrogen-bond acceptors (Lipinski definition) is 5. The lowest BCUT2D eigenvalue weighted by atomic mass is 10.1. The van der Waals surface area contributed by atoms with Crippen molar-refractivity contribution < 1.29 is 9.90 Å². The Labute approximate surface area is 103 Å². The molecule has 0 aliphatic heterocycles. The Hall–Kier alpha value is -2.57. The van der Waals surface area contributed by atoms with Gasteiger partial charge in [0.15, 0.2) is 0 Å². The molecule has 0 unspecified atom stereocenters. The maximum Gasteiger partial charge on any atom is 0.337 e. The summed E-state index contributed by atoms with van der Waals surface area (Å²) in [4.78, 5) is 15.0. The molecule has 5 N–H and O–H groups in total. The number of rotatable bonds is 4. The summed E-state index contributed by atoms with van der Waals surface area (Å²) < 4.78 is 0. The number of carboxylic acid groups (broad SMARTS) is 1. The highest BCUT2D eigenvalue weighted by Crippen LogP contribution is 2.23. The first-order chi connectivity index (χ1) is 8.58. The normalized spacial score (nSPS) is 10.3. The summed E-state index contributed by atoms with van der Waals surface area (Å²) in [7, 11) is 0. The van der Waals surface area contributed by atoms with Crippen LogP contribution in [0.15, 0.2) is 18.5 Å². The van der Waals surface area contributed by atoms with Crippen LogP contribution < -0.4 is 11.1 Å². The van der Waals surface area contributed by atoms with E-state index in [0.29, 0.717) is 18.1 Å². The molecule has 18 heavy (non-hydrogen) atoms. The molecule has 1 aromatic heterocycles. The molecule has 0 fully saturated rings. The van der Waals surface area contributed by atoms with Gasteiger partial charge >= 0.3 is 5.97 Å². The maximum atomic E-state index is 11.0. The predicted octanol–water partition coefficient (Wildman–Crippen LogP) is 1.01. The largest absolute Gasteiger partial charge is 0.478 e. The van der Waals surface area contributed by atoms with Crippen LogP contribution in [-0.4, -0.2) is 26.3 Å². The Morgan fingerprint density at radius 3 is 2.94 bits per heavy atom. The van der Waals surface area contributed by atoms with Crippen molar-refractivity contribution in [3.05, 3.63) is 35.4 Å². The van der Waals surface area contributed by atoms with Crippen molar-refractivity contribution in [2.75, 3.05) is 11.1 Å². The van der Waals surface area contributed by atoms with E-state index in [1.165, 1.54) is 12.4 Å². The van der Waals surface area contributed by atoms with Gasteiger partial charge < -0.3 is 16.2 Å². The van der Waals surface area contributed by atoms with Crippen molar-refractivity contribution in [2.24, 2.45) is 0 Å². The van der Waals surface area contributed by atoms with E-state index < -0.39 is 5.97 Å². The summed E-state index contributed by atoms with van der Waals surface area (Å²) in [5.74, 6) is -0.375. The SMILES string of the molecule is Cc1cc(NCc2ncn[nH]2)cc(C(=O)O)c1N. The Kier molecular flexibility index (Phi) is 3.13. The monoisotopic (exact) mass is 247 g/mol. The van der Waals surface area contributed by atoms with Crippen LogP contribution in [-0.2, 0) is 6.54 Å². The van der Waals surface area contributed by atoms with E-state index in [0.717, 1.165) is 5.56 Å². The van der Waals surface area contributed by atoms with E-state index in [-0.39, 0.29) is 11.3 Å². The number of aromatic amines is 1. The third-order valence-corrected chi connectivity index (χ3v) is 2.54. The number of aromatic nitrogens is 3. The van der Waals surface area contributed by atoms with Gasteiger partial charge in [-0.05, 0) is 24.6 Å². The van der Waals surface area contributed by atoms with Crippen LogP contribution >= 0.6 is 0 Å². The highest BCUT2D eigenvalue weighted by molar-refractivity contribution is 5.95. The molecular formula is C11H13N5O2. The van der Waals surface area contributed by atoms with Crippen molar-refractivity contribution in [2.45, 2.75) is 13.5 Å². The molecule has 2 aromatic rings. The van der Waals surface area contributed by atoms with Gasteiger partial charge in [-0.2, -0.15) is 5.10 Å². The number of aromatic carboxylic acids is 1. The molecule has 0 bridgehead atoms. The lowest BCUT2D eigenvalue weighted by molar-refractivity contribution is 0.0698. The maximum absolute atomic E-state index is 11.0. The van der Waals surface area contributed by atoms with Gasteiger partial charge in [0, 0.05) is 11.4 Å². The Morgan fingerprint density at radius 1 is 1.56 bits per heavy atom. The van der Waals surface area contributed by atoms with Crippen molar-refractivity contribution in [1.29, 1.82) is 0 Å². The van der Waals surface area contributed by atoms with E-state index in [4.69, 9.17) is 10.8 Å². The lowest BCUT2D eigenvalue weighted by Gasteiger charge is -2.10. The van der Waals surface area contributed by atoms with Crippen LogP contribution in [0.2, 0.25) is 0 Å². The minimum Gasteiger partial charge on any atom is -0.478 e. The van der Waals surface area contributed by atoms with E-state index in [1.807, 2.05) is 0 Å². The molecule has 1 aromatic carbocycles. The number of anilines is 2. The predicted molar refractivity (Wildman–Crippen MR) is 66.3 cm³/mol. The highest BCUT2D eigenvalue weighted by Gasteiger charge is 2.11. The van der Waals surface area contributed by atoms with Gasteiger partial charge in [-0.1, -0.05) is 0 Å². The number of H-pyrrole nitrogens is 1. The van der Waals surface area contributed by atoms with Crippen LogP contribution in [0.25, 0.3) is 0 Å². The minimum absolute atomic E-state index is 0.0927. The summed E-state index contributed by atoms with van der Waals surface area (Å²) in [5, 5.41) is 18.5. The molecule has 0 aliphatic carbocycles. The zero-order chi connectivity index (χ0) is 13.1. The average molecular weight is 247 g/mol. The Morgan fingerprint density at radius 2 is 2.33 bits per heavy atom. The highest BCUT2D eigenvalue weighted by atomic mass is 16.4. The Balaban J connectivity index is 2.21. The zero-order valence-corrected chi connectivity index (χ0v) is 9.77. The van der Waals surface area contributed by atoms with Crippen molar-refractivity contribution >= 4 is 17.3 Å². The summed E-state index contributed by atoms with van der Waals surface area (Å²) in [5.41, 5.74) is 7.48. The minimum atomic E-state index is -1.04.